The molecule has 2 N–H and O–H groups in total. The van der Waals surface area contributed by atoms with E-state index in [1.807, 2.05) is 0 Å². The number of hydrogen-bond acceptors (Lipinski definition) is 6. The molecule has 0 aromatic carbocycles. The number of rotatable bonds is 4. The van der Waals surface area contributed by atoms with Crippen LogP contribution in [-0.4, -0.2) is 47.6 Å². The Hall–Kier alpha value is -1.99. The zero-order chi connectivity index (χ0) is 17.6. The number of aliphatic hydroxyl groups is 1. The molecule has 0 saturated heterocycles. The van der Waals surface area contributed by atoms with Gasteiger partial charge in [-0.25, -0.2) is 4.79 Å². The molecule has 0 aliphatic heterocycles. The van der Waals surface area contributed by atoms with Crippen LogP contribution in [0, 0.1) is 5.92 Å². The molecule has 1 amide bonds. The van der Waals surface area contributed by atoms with E-state index >= 15 is 0 Å². The molecule has 1 aliphatic rings. The number of carbonyl (C=O) groups excluding carboxylic acids is 2. The maximum absolute atomic E-state index is 12.1. The maximum Gasteiger partial charge on any atom is 0.407 e. The zero-order valence-corrected chi connectivity index (χ0v) is 13.9. The van der Waals surface area contributed by atoms with Crippen LogP contribution in [-0.2, 0) is 14.3 Å². The highest BCUT2D eigenvalue weighted by Gasteiger charge is 2.41. The third-order valence-electron chi connectivity index (χ3n) is 3.41. The Labute approximate surface area is 135 Å². The van der Waals surface area contributed by atoms with Crippen LogP contribution in [0.5, 0.6) is 0 Å². The van der Waals surface area contributed by atoms with E-state index in [1.54, 1.807) is 27.7 Å². The number of aliphatic hydroxyl groups excluding tert-OH is 1. The van der Waals surface area contributed by atoms with Crippen molar-refractivity contribution >= 4 is 12.1 Å². The molecule has 130 valence electrons. The number of nitrogens with zero attached hydrogens (tertiary/aromatic N) is 3. The minimum atomic E-state index is -0.948. The van der Waals surface area contributed by atoms with Crippen LogP contribution < -0.4 is 5.32 Å². The quantitative estimate of drug-likeness (QED) is 0.352. The molecule has 1 rings (SSSR count). The van der Waals surface area contributed by atoms with Crippen LogP contribution in [0.4, 0.5) is 4.79 Å². The molecule has 0 spiro atoms. The van der Waals surface area contributed by atoms with Gasteiger partial charge >= 0.3 is 12.1 Å². The molecular formula is C14H24N4O5. The number of azide groups is 1. The van der Waals surface area contributed by atoms with Crippen LogP contribution in [0.2, 0.25) is 0 Å². The van der Waals surface area contributed by atoms with Crippen molar-refractivity contribution in [1.82, 2.24) is 5.32 Å². The van der Waals surface area contributed by atoms with Crippen LogP contribution in [0.25, 0.3) is 10.4 Å². The lowest BCUT2D eigenvalue weighted by molar-refractivity contribution is -0.151. The lowest BCUT2D eigenvalue weighted by Gasteiger charge is -2.36. The summed E-state index contributed by atoms with van der Waals surface area (Å²) in [4.78, 5) is 26.7. The zero-order valence-electron chi connectivity index (χ0n) is 13.9. The molecule has 0 heterocycles. The summed E-state index contributed by atoms with van der Waals surface area (Å²) in [5.41, 5.74) is 7.87. The van der Waals surface area contributed by atoms with Crippen molar-refractivity contribution in [2.24, 2.45) is 11.0 Å². The van der Waals surface area contributed by atoms with Crippen molar-refractivity contribution in [2.75, 3.05) is 6.61 Å². The third-order valence-corrected chi connectivity index (χ3v) is 3.41. The second-order valence-electron chi connectivity index (χ2n) is 6.42. The monoisotopic (exact) mass is 328 g/mol. The fourth-order valence-corrected chi connectivity index (χ4v) is 2.48. The van der Waals surface area contributed by atoms with Gasteiger partial charge in [-0.2, -0.15) is 0 Å². The van der Waals surface area contributed by atoms with E-state index in [0.717, 1.165) is 0 Å². The van der Waals surface area contributed by atoms with E-state index < -0.39 is 41.8 Å². The third kappa shape index (κ3) is 5.96. The molecule has 0 aromatic heterocycles. The summed E-state index contributed by atoms with van der Waals surface area (Å²) in [5.74, 6) is -1.21. The Morgan fingerprint density at radius 3 is 2.57 bits per heavy atom. The lowest BCUT2D eigenvalue weighted by Crippen LogP contribution is -2.53. The molecule has 9 heteroatoms. The lowest BCUT2D eigenvalue weighted by atomic mass is 9.80. The summed E-state index contributed by atoms with van der Waals surface area (Å²) >= 11 is 0. The minimum absolute atomic E-state index is 0.0758. The average Bonchev–Trinajstić information content (AvgIpc) is 2.39. The molecule has 0 aromatic rings. The molecule has 9 nitrogen and oxygen atoms in total. The van der Waals surface area contributed by atoms with Gasteiger partial charge in [0.25, 0.3) is 0 Å². The van der Waals surface area contributed by atoms with Crippen LogP contribution in [0.15, 0.2) is 5.11 Å². The molecule has 1 aliphatic carbocycles. The molecule has 0 bridgehead atoms. The first kappa shape index (κ1) is 19.1. The van der Waals surface area contributed by atoms with E-state index in [1.165, 1.54) is 0 Å². The summed E-state index contributed by atoms with van der Waals surface area (Å²) in [6.07, 6.45) is -1.44. The summed E-state index contributed by atoms with van der Waals surface area (Å²) < 4.78 is 10.2. The van der Waals surface area contributed by atoms with Crippen molar-refractivity contribution in [3.63, 3.8) is 0 Å². The predicted molar refractivity (Wildman–Crippen MR) is 81.5 cm³/mol. The van der Waals surface area contributed by atoms with Crippen molar-refractivity contribution in [2.45, 2.75) is 64.3 Å². The van der Waals surface area contributed by atoms with Gasteiger partial charge < -0.3 is 19.9 Å². The first-order chi connectivity index (χ1) is 10.7. The molecular weight excluding hydrogens is 304 g/mol. The normalized spacial score (nSPS) is 27.5. The van der Waals surface area contributed by atoms with Gasteiger partial charge in [0.2, 0.25) is 0 Å². The van der Waals surface area contributed by atoms with Gasteiger partial charge in [-0.1, -0.05) is 5.11 Å². The van der Waals surface area contributed by atoms with Gasteiger partial charge in [-0.3, -0.25) is 4.79 Å². The summed E-state index contributed by atoms with van der Waals surface area (Å²) in [5, 5.41) is 16.1. The first-order valence-electron chi connectivity index (χ1n) is 7.56. The van der Waals surface area contributed by atoms with Crippen LogP contribution in [0.3, 0.4) is 0 Å². The number of ether oxygens (including phenoxy) is 2. The fraction of sp³-hybridized carbons (Fsp3) is 0.857. The molecule has 1 fully saturated rings. The Balaban J connectivity index is 2.86. The van der Waals surface area contributed by atoms with E-state index in [2.05, 4.69) is 15.3 Å². The number of hydrogen-bond donors (Lipinski definition) is 2. The molecule has 0 radical (unpaired) electrons. The minimum Gasteiger partial charge on any atom is -0.466 e. The molecule has 23 heavy (non-hydrogen) atoms. The Bertz CT molecular complexity index is 484. The number of nitrogens with one attached hydrogen (secondary N) is 1. The largest absolute Gasteiger partial charge is 0.466 e. The predicted octanol–water partition coefficient (Wildman–Crippen LogP) is 1.89. The number of alkyl carbamates (subject to hydrolysis) is 1. The highest BCUT2D eigenvalue weighted by atomic mass is 16.6. The van der Waals surface area contributed by atoms with Crippen molar-refractivity contribution < 1.29 is 24.2 Å². The summed E-state index contributed by atoms with van der Waals surface area (Å²) in [7, 11) is 0. The van der Waals surface area contributed by atoms with Crippen molar-refractivity contribution in [3.8, 4) is 0 Å². The summed E-state index contributed by atoms with van der Waals surface area (Å²) in [6, 6.07) is -1.38. The van der Waals surface area contributed by atoms with E-state index in [4.69, 9.17) is 15.0 Å². The van der Waals surface area contributed by atoms with E-state index in [9.17, 15) is 14.7 Å². The second-order valence-corrected chi connectivity index (χ2v) is 6.42. The average molecular weight is 328 g/mol. The number of esters is 1. The van der Waals surface area contributed by atoms with Gasteiger partial charge in [0, 0.05) is 11.0 Å². The fourth-order valence-electron chi connectivity index (χ4n) is 2.48. The second kappa shape index (κ2) is 8.03. The smallest absolute Gasteiger partial charge is 0.407 e. The number of amides is 1. The summed E-state index contributed by atoms with van der Waals surface area (Å²) in [6.45, 7) is 7.05. The topological polar surface area (TPSA) is 134 Å². The Morgan fingerprint density at radius 1 is 1.39 bits per heavy atom. The van der Waals surface area contributed by atoms with Gasteiger partial charge in [0.1, 0.15) is 5.60 Å². The highest BCUT2D eigenvalue weighted by molar-refractivity contribution is 5.75. The molecule has 0 unspecified atom stereocenters. The van der Waals surface area contributed by atoms with Gasteiger partial charge in [-0.05, 0) is 46.1 Å². The number of carbonyl (C=O) groups is 2. The molecule has 1 saturated carbocycles. The van der Waals surface area contributed by atoms with Crippen molar-refractivity contribution in [3.05, 3.63) is 10.4 Å². The van der Waals surface area contributed by atoms with Gasteiger partial charge in [-0.15, -0.1) is 0 Å². The first-order valence-corrected chi connectivity index (χ1v) is 7.56. The maximum atomic E-state index is 12.1. The van der Waals surface area contributed by atoms with Crippen LogP contribution >= 0.6 is 0 Å². The van der Waals surface area contributed by atoms with Gasteiger partial charge in [0.15, 0.2) is 0 Å². The van der Waals surface area contributed by atoms with E-state index in [0.29, 0.717) is 0 Å². The van der Waals surface area contributed by atoms with E-state index in [-0.39, 0.29) is 19.4 Å². The molecule has 4 atom stereocenters. The Kier molecular flexibility index (Phi) is 6.65. The SMILES string of the molecule is CCOC(=O)[C@@H]1C[C@@H](N=[N+]=[N-])[C@H](O)C[C@@H]1NC(=O)OC(C)(C)C. The van der Waals surface area contributed by atoms with Gasteiger partial charge in [0.05, 0.1) is 24.7 Å². The Morgan fingerprint density at radius 2 is 2.04 bits per heavy atom. The van der Waals surface area contributed by atoms with Crippen molar-refractivity contribution in [1.29, 1.82) is 0 Å². The van der Waals surface area contributed by atoms with Crippen LogP contribution in [0.1, 0.15) is 40.5 Å². The standard InChI is InChI=1S/C14H24N4O5/c1-5-22-12(20)8-6-10(17-18-15)11(19)7-9(8)16-13(21)23-14(2,3)4/h8-11,19H,5-7H2,1-4H3,(H,16,21)/t8-,9+,10-,11-/m1/s1. The highest BCUT2D eigenvalue weighted by Crippen LogP contribution is 2.29.